The van der Waals surface area contributed by atoms with E-state index in [1.54, 1.807) is 0 Å². The van der Waals surface area contributed by atoms with Gasteiger partial charge in [-0.25, -0.2) is 0 Å². The standard InChI is InChI=1S/C10H11NO2/c1-2-7-4-9-10(13-6-12-9)5-8(7)11-3-1/h4-5,11H,1-3,6H2. The summed E-state index contributed by atoms with van der Waals surface area (Å²) in [6, 6.07) is 4.13. The maximum atomic E-state index is 5.31. The van der Waals surface area contributed by atoms with E-state index in [1.165, 1.54) is 17.7 Å². The normalized spacial score (nSPS) is 17.8. The van der Waals surface area contributed by atoms with Crippen molar-refractivity contribution in [2.24, 2.45) is 0 Å². The van der Waals surface area contributed by atoms with Gasteiger partial charge in [-0.2, -0.15) is 0 Å². The molecule has 0 saturated heterocycles. The molecule has 2 heterocycles. The second-order valence-electron chi connectivity index (χ2n) is 3.39. The van der Waals surface area contributed by atoms with Crippen LogP contribution < -0.4 is 14.8 Å². The lowest BCUT2D eigenvalue weighted by Crippen LogP contribution is -2.11. The van der Waals surface area contributed by atoms with Gasteiger partial charge in [-0.3, -0.25) is 0 Å². The number of benzene rings is 1. The van der Waals surface area contributed by atoms with Gasteiger partial charge in [0.1, 0.15) is 0 Å². The summed E-state index contributed by atoms with van der Waals surface area (Å²) in [7, 11) is 0. The van der Waals surface area contributed by atoms with Crippen LogP contribution >= 0.6 is 0 Å². The molecule has 2 aliphatic rings. The summed E-state index contributed by atoms with van der Waals surface area (Å²) >= 11 is 0. The minimum Gasteiger partial charge on any atom is -0.454 e. The summed E-state index contributed by atoms with van der Waals surface area (Å²) in [5.74, 6) is 1.76. The molecular formula is C10H11NO2. The van der Waals surface area contributed by atoms with Crippen LogP contribution in [-0.2, 0) is 6.42 Å². The van der Waals surface area contributed by atoms with Gasteiger partial charge in [0.25, 0.3) is 0 Å². The van der Waals surface area contributed by atoms with E-state index in [2.05, 4.69) is 11.4 Å². The summed E-state index contributed by atoms with van der Waals surface area (Å²) < 4.78 is 10.6. The number of ether oxygens (including phenoxy) is 2. The Morgan fingerprint density at radius 2 is 2.00 bits per heavy atom. The quantitative estimate of drug-likeness (QED) is 0.655. The highest BCUT2D eigenvalue weighted by molar-refractivity contribution is 5.62. The molecule has 0 radical (unpaired) electrons. The molecule has 0 saturated carbocycles. The van der Waals surface area contributed by atoms with Gasteiger partial charge in [0.15, 0.2) is 11.5 Å². The SMILES string of the molecule is c1c2c(cc3c1OCO3)NCCC2. The summed E-state index contributed by atoms with van der Waals surface area (Å²) in [5.41, 5.74) is 2.55. The number of aryl methyl sites for hydroxylation is 1. The third-order valence-corrected chi connectivity index (χ3v) is 2.54. The van der Waals surface area contributed by atoms with E-state index in [9.17, 15) is 0 Å². The molecule has 3 rings (SSSR count). The average molecular weight is 177 g/mol. The number of anilines is 1. The fourth-order valence-corrected chi connectivity index (χ4v) is 1.86. The van der Waals surface area contributed by atoms with E-state index in [-0.39, 0.29) is 0 Å². The summed E-state index contributed by atoms with van der Waals surface area (Å²) in [5, 5.41) is 3.36. The van der Waals surface area contributed by atoms with Crippen LogP contribution in [0.2, 0.25) is 0 Å². The molecule has 0 unspecified atom stereocenters. The molecule has 0 fully saturated rings. The molecule has 2 aliphatic heterocycles. The lowest BCUT2D eigenvalue weighted by Gasteiger charge is -2.17. The number of hydrogen-bond donors (Lipinski definition) is 1. The maximum absolute atomic E-state index is 5.31. The molecule has 0 aromatic heterocycles. The molecule has 68 valence electrons. The zero-order chi connectivity index (χ0) is 8.67. The van der Waals surface area contributed by atoms with Crippen molar-refractivity contribution < 1.29 is 9.47 Å². The first kappa shape index (κ1) is 7.06. The van der Waals surface area contributed by atoms with Crippen LogP contribution in [0.15, 0.2) is 12.1 Å². The summed E-state index contributed by atoms with van der Waals surface area (Å²) in [6.45, 7) is 1.42. The first-order chi connectivity index (χ1) is 6.43. The van der Waals surface area contributed by atoms with Crippen molar-refractivity contribution in [3.8, 4) is 11.5 Å². The minimum atomic E-state index is 0.359. The fourth-order valence-electron chi connectivity index (χ4n) is 1.86. The summed E-state index contributed by atoms with van der Waals surface area (Å²) in [4.78, 5) is 0. The molecular weight excluding hydrogens is 166 g/mol. The third kappa shape index (κ3) is 1.03. The van der Waals surface area contributed by atoms with Crippen molar-refractivity contribution in [1.29, 1.82) is 0 Å². The molecule has 3 heteroatoms. The molecule has 3 nitrogen and oxygen atoms in total. The van der Waals surface area contributed by atoms with Gasteiger partial charge in [-0.1, -0.05) is 0 Å². The zero-order valence-corrected chi connectivity index (χ0v) is 7.30. The number of rotatable bonds is 0. The Bertz CT molecular complexity index is 316. The zero-order valence-electron chi connectivity index (χ0n) is 7.30. The van der Waals surface area contributed by atoms with Crippen molar-refractivity contribution in [3.05, 3.63) is 17.7 Å². The Hall–Kier alpha value is -1.38. The van der Waals surface area contributed by atoms with Gasteiger partial charge in [-0.15, -0.1) is 0 Å². The molecule has 0 aliphatic carbocycles. The van der Waals surface area contributed by atoms with Crippen LogP contribution in [-0.4, -0.2) is 13.3 Å². The van der Waals surface area contributed by atoms with Gasteiger partial charge in [-0.05, 0) is 24.5 Å². The summed E-state index contributed by atoms with van der Waals surface area (Å²) in [6.07, 6.45) is 2.34. The van der Waals surface area contributed by atoms with Crippen LogP contribution in [0, 0.1) is 0 Å². The number of fused-ring (bicyclic) bond motifs is 2. The molecule has 1 N–H and O–H groups in total. The molecule has 13 heavy (non-hydrogen) atoms. The van der Waals surface area contributed by atoms with Crippen LogP contribution in [0.1, 0.15) is 12.0 Å². The Labute approximate surface area is 76.7 Å². The van der Waals surface area contributed by atoms with E-state index in [0.29, 0.717) is 6.79 Å². The first-order valence-electron chi connectivity index (χ1n) is 4.60. The van der Waals surface area contributed by atoms with Gasteiger partial charge in [0, 0.05) is 18.3 Å². The van der Waals surface area contributed by atoms with Gasteiger partial charge < -0.3 is 14.8 Å². The van der Waals surface area contributed by atoms with E-state index in [0.717, 1.165) is 24.5 Å². The predicted octanol–water partition coefficient (Wildman–Crippen LogP) is 1.77. The van der Waals surface area contributed by atoms with Gasteiger partial charge >= 0.3 is 0 Å². The second-order valence-corrected chi connectivity index (χ2v) is 3.39. The van der Waals surface area contributed by atoms with Crippen molar-refractivity contribution >= 4 is 5.69 Å². The average Bonchev–Trinajstić information content (AvgIpc) is 2.61. The highest BCUT2D eigenvalue weighted by atomic mass is 16.7. The number of hydrogen-bond acceptors (Lipinski definition) is 3. The number of nitrogens with one attached hydrogen (secondary N) is 1. The van der Waals surface area contributed by atoms with Crippen LogP contribution in [0.25, 0.3) is 0 Å². The predicted molar refractivity (Wildman–Crippen MR) is 49.4 cm³/mol. The molecule has 0 spiro atoms. The van der Waals surface area contributed by atoms with Gasteiger partial charge in [0.05, 0.1) is 0 Å². The topological polar surface area (TPSA) is 30.5 Å². The molecule has 0 amide bonds. The largest absolute Gasteiger partial charge is 0.454 e. The first-order valence-corrected chi connectivity index (χ1v) is 4.60. The maximum Gasteiger partial charge on any atom is 0.231 e. The fraction of sp³-hybridized carbons (Fsp3) is 0.400. The van der Waals surface area contributed by atoms with Crippen LogP contribution in [0.5, 0.6) is 11.5 Å². The van der Waals surface area contributed by atoms with Gasteiger partial charge in [0.2, 0.25) is 6.79 Å². The van der Waals surface area contributed by atoms with E-state index in [4.69, 9.17) is 9.47 Å². The second kappa shape index (κ2) is 2.55. The van der Waals surface area contributed by atoms with E-state index < -0.39 is 0 Å². The molecule has 1 aromatic carbocycles. The van der Waals surface area contributed by atoms with Crippen molar-refractivity contribution in [1.82, 2.24) is 0 Å². The van der Waals surface area contributed by atoms with Crippen molar-refractivity contribution in [2.45, 2.75) is 12.8 Å². The highest BCUT2D eigenvalue weighted by Gasteiger charge is 2.18. The van der Waals surface area contributed by atoms with E-state index in [1.807, 2.05) is 6.07 Å². The van der Waals surface area contributed by atoms with Crippen molar-refractivity contribution in [2.75, 3.05) is 18.7 Å². The van der Waals surface area contributed by atoms with Crippen LogP contribution in [0.3, 0.4) is 0 Å². The Morgan fingerprint density at radius 1 is 1.15 bits per heavy atom. The smallest absolute Gasteiger partial charge is 0.231 e. The third-order valence-electron chi connectivity index (χ3n) is 2.54. The lowest BCUT2D eigenvalue weighted by molar-refractivity contribution is 0.174. The van der Waals surface area contributed by atoms with Crippen molar-refractivity contribution in [3.63, 3.8) is 0 Å². The molecule has 1 aromatic rings. The van der Waals surface area contributed by atoms with E-state index >= 15 is 0 Å². The highest BCUT2D eigenvalue weighted by Crippen LogP contribution is 2.38. The Balaban J connectivity index is 2.11. The Kier molecular flexibility index (Phi) is 1.39. The lowest BCUT2D eigenvalue weighted by atomic mass is 10.0. The molecule has 0 bridgehead atoms. The monoisotopic (exact) mass is 177 g/mol. The minimum absolute atomic E-state index is 0.359. The molecule has 0 atom stereocenters. The van der Waals surface area contributed by atoms with Crippen LogP contribution in [0.4, 0.5) is 5.69 Å². The Morgan fingerprint density at radius 3 is 2.92 bits per heavy atom.